The molecule has 1 aliphatic rings. The molecule has 0 saturated heterocycles. The van der Waals surface area contributed by atoms with E-state index in [2.05, 4.69) is 19.9 Å². The van der Waals surface area contributed by atoms with E-state index >= 15 is 0 Å². The normalized spacial score (nSPS) is 18.5. The highest BCUT2D eigenvalue weighted by Gasteiger charge is 2.31. The molecule has 180 valence electrons. The molecule has 4 aromatic rings. The molecule has 0 radical (unpaired) electrons. The number of ether oxygens (including phenoxy) is 1. The number of nitrogens with zero attached hydrogens (tertiary/aromatic N) is 3. The lowest BCUT2D eigenvalue weighted by Gasteiger charge is -2.26. The molecule has 0 unspecified atom stereocenters. The number of H-pyrrole nitrogens is 1. The highest BCUT2D eigenvalue weighted by atomic mass is 19.4. The van der Waals surface area contributed by atoms with Crippen molar-refractivity contribution in [2.75, 3.05) is 0 Å². The minimum Gasteiger partial charge on any atom is -0.481 e. The monoisotopic (exact) mass is 482 g/mol. The first-order valence-corrected chi connectivity index (χ1v) is 11.2. The molecule has 0 aliphatic heterocycles. The van der Waals surface area contributed by atoms with Crippen LogP contribution >= 0.6 is 0 Å². The van der Waals surface area contributed by atoms with Crippen LogP contribution in [0.3, 0.4) is 0 Å². The number of halogens is 3. The maximum absolute atomic E-state index is 13.0. The molecule has 1 aromatic carbocycles. The van der Waals surface area contributed by atoms with Crippen molar-refractivity contribution in [3.63, 3.8) is 0 Å². The fraction of sp³-hybridized carbons (Fsp3) is 0.280. The van der Waals surface area contributed by atoms with Crippen molar-refractivity contribution in [2.45, 2.75) is 38.0 Å². The first kappa shape index (κ1) is 22.8. The molecular weight excluding hydrogens is 461 g/mol. The maximum Gasteiger partial charge on any atom is 0.416 e. The molecule has 1 aliphatic carbocycles. The number of nitrogens with one attached hydrogen (secondary N) is 1. The minimum absolute atomic E-state index is 0.0441. The largest absolute Gasteiger partial charge is 0.481 e. The van der Waals surface area contributed by atoms with Gasteiger partial charge in [0.05, 0.1) is 28.2 Å². The summed E-state index contributed by atoms with van der Waals surface area (Å²) in [5, 5.41) is 9.10. The number of hydrogen-bond acceptors (Lipinski definition) is 5. The lowest BCUT2D eigenvalue weighted by molar-refractivity contribution is -0.143. The average molecular weight is 482 g/mol. The fourth-order valence-corrected chi connectivity index (χ4v) is 4.23. The van der Waals surface area contributed by atoms with Crippen LogP contribution in [0.25, 0.3) is 33.7 Å². The van der Waals surface area contributed by atoms with Crippen LogP contribution in [-0.4, -0.2) is 37.1 Å². The Morgan fingerprint density at radius 1 is 0.971 bits per heavy atom. The molecule has 35 heavy (non-hydrogen) atoms. The number of aliphatic carboxylic acids is 1. The second-order valence-corrected chi connectivity index (χ2v) is 8.56. The van der Waals surface area contributed by atoms with E-state index in [-0.39, 0.29) is 12.0 Å². The third-order valence-corrected chi connectivity index (χ3v) is 6.19. The van der Waals surface area contributed by atoms with Crippen molar-refractivity contribution < 1.29 is 27.8 Å². The van der Waals surface area contributed by atoms with Crippen molar-refractivity contribution >= 4 is 17.0 Å². The molecule has 0 bridgehead atoms. The van der Waals surface area contributed by atoms with Gasteiger partial charge in [0.1, 0.15) is 11.9 Å². The van der Waals surface area contributed by atoms with E-state index in [0.717, 1.165) is 17.7 Å². The number of carbonyl (C=O) groups is 1. The van der Waals surface area contributed by atoms with Gasteiger partial charge in [0.25, 0.3) is 0 Å². The van der Waals surface area contributed by atoms with Crippen LogP contribution in [-0.2, 0) is 11.0 Å². The number of benzene rings is 1. The van der Waals surface area contributed by atoms with Gasteiger partial charge in [-0.25, -0.2) is 9.97 Å². The standard InChI is InChI=1S/C25H21F3N4O3/c26-25(27,28)17-5-9-20-21(11-17)32-23(31-20)16-3-8-19(29-13-16)15-4-10-22(30-12-15)35-18-6-1-14(2-7-18)24(33)34/h3-5,8-14,18H,1-2,6-7H2,(H,31,32)(H,33,34). The summed E-state index contributed by atoms with van der Waals surface area (Å²) in [7, 11) is 0. The van der Waals surface area contributed by atoms with Gasteiger partial charge in [0.15, 0.2) is 0 Å². The van der Waals surface area contributed by atoms with Gasteiger partial charge in [-0.15, -0.1) is 0 Å². The van der Waals surface area contributed by atoms with Gasteiger partial charge in [0, 0.05) is 29.6 Å². The molecule has 10 heteroatoms. The van der Waals surface area contributed by atoms with Crippen molar-refractivity contribution in [2.24, 2.45) is 5.92 Å². The Kier molecular flexibility index (Phi) is 5.88. The van der Waals surface area contributed by atoms with Gasteiger partial charge >= 0.3 is 12.1 Å². The lowest BCUT2D eigenvalue weighted by atomic mass is 9.87. The molecular formula is C25H21F3N4O3. The van der Waals surface area contributed by atoms with Gasteiger partial charge in [-0.1, -0.05) is 0 Å². The van der Waals surface area contributed by atoms with Crippen LogP contribution in [0.2, 0.25) is 0 Å². The summed E-state index contributed by atoms with van der Waals surface area (Å²) in [6.45, 7) is 0. The summed E-state index contributed by atoms with van der Waals surface area (Å²) in [6.07, 6.45) is 1.36. The number of carboxylic acid groups (broad SMARTS) is 1. The van der Waals surface area contributed by atoms with Crippen LogP contribution in [0.5, 0.6) is 5.88 Å². The van der Waals surface area contributed by atoms with Crippen LogP contribution < -0.4 is 4.74 Å². The molecule has 7 nitrogen and oxygen atoms in total. The predicted molar refractivity (Wildman–Crippen MR) is 122 cm³/mol. The van der Waals surface area contributed by atoms with Crippen LogP contribution in [0, 0.1) is 5.92 Å². The van der Waals surface area contributed by atoms with E-state index < -0.39 is 17.7 Å². The fourth-order valence-electron chi connectivity index (χ4n) is 4.23. The Balaban J connectivity index is 1.26. The molecule has 0 amide bonds. The van der Waals surface area contributed by atoms with Crippen LogP contribution in [0.15, 0.2) is 54.9 Å². The molecule has 1 fully saturated rings. The first-order valence-electron chi connectivity index (χ1n) is 11.2. The number of rotatable bonds is 5. The zero-order chi connectivity index (χ0) is 24.6. The lowest BCUT2D eigenvalue weighted by Crippen LogP contribution is -2.28. The molecule has 3 aromatic heterocycles. The smallest absolute Gasteiger partial charge is 0.416 e. The number of imidazole rings is 1. The zero-order valence-corrected chi connectivity index (χ0v) is 18.4. The Morgan fingerprint density at radius 2 is 1.71 bits per heavy atom. The van der Waals surface area contributed by atoms with Gasteiger partial charge in [-0.3, -0.25) is 9.78 Å². The van der Waals surface area contributed by atoms with Crippen molar-refractivity contribution in [1.29, 1.82) is 0 Å². The molecule has 0 atom stereocenters. The van der Waals surface area contributed by atoms with E-state index in [9.17, 15) is 18.0 Å². The summed E-state index contributed by atoms with van der Waals surface area (Å²) in [4.78, 5) is 27.2. The van der Waals surface area contributed by atoms with Gasteiger partial charge in [-0.05, 0) is 62.1 Å². The topological polar surface area (TPSA) is 101 Å². The summed E-state index contributed by atoms with van der Waals surface area (Å²) in [6, 6.07) is 10.6. The number of fused-ring (bicyclic) bond motifs is 1. The van der Waals surface area contributed by atoms with Gasteiger partial charge < -0.3 is 14.8 Å². The van der Waals surface area contributed by atoms with E-state index in [1.165, 1.54) is 6.07 Å². The Hall–Kier alpha value is -3.95. The van der Waals surface area contributed by atoms with E-state index in [1.807, 2.05) is 6.07 Å². The summed E-state index contributed by atoms with van der Waals surface area (Å²) in [5.41, 5.74) is 2.09. The number of hydrogen-bond donors (Lipinski definition) is 2. The van der Waals surface area contributed by atoms with Crippen LogP contribution in [0.4, 0.5) is 13.2 Å². The Morgan fingerprint density at radius 3 is 2.34 bits per heavy atom. The number of aromatic nitrogens is 4. The molecule has 2 N–H and O–H groups in total. The SMILES string of the molecule is O=C(O)C1CCC(Oc2ccc(-c3ccc(-c4nc5ccc(C(F)(F)F)cc5[nH]4)cn3)cn2)CC1. The van der Waals surface area contributed by atoms with Crippen molar-refractivity contribution in [3.05, 3.63) is 60.4 Å². The quantitative estimate of drug-likeness (QED) is 0.377. The molecule has 3 heterocycles. The number of pyridine rings is 2. The van der Waals surface area contributed by atoms with E-state index in [1.54, 1.807) is 30.6 Å². The van der Waals surface area contributed by atoms with E-state index in [4.69, 9.17) is 9.84 Å². The second-order valence-electron chi connectivity index (χ2n) is 8.56. The third-order valence-electron chi connectivity index (χ3n) is 6.19. The minimum atomic E-state index is -4.42. The summed E-state index contributed by atoms with van der Waals surface area (Å²) in [5.74, 6) is -0.140. The number of aromatic amines is 1. The maximum atomic E-state index is 13.0. The molecule has 1 saturated carbocycles. The first-order chi connectivity index (χ1) is 16.8. The Bertz CT molecular complexity index is 1340. The summed E-state index contributed by atoms with van der Waals surface area (Å²) >= 11 is 0. The van der Waals surface area contributed by atoms with Crippen LogP contribution in [0.1, 0.15) is 31.2 Å². The highest BCUT2D eigenvalue weighted by molar-refractivity contribution is 5.80. The molecule has 0 spiro atoms. The summed E-state index contributed by atoms with van der Waals surface area (Å²) < 4.78 is 44.8. The van der Waals surface area contributed by atoms with Gasteiger partial charge in [0.2, 0.25) is 5.88 Å². The van der Waals surface area contributed by atoms with E-state index in [0.29, 0.717) is 59.7 Å². The molecule has 5 rings (SSSR count). The average Bonchev–Trinajstić information content (AvgIpc) is 3.28. The van der Waals surface area contributed by atoms with Gasteiger partial charge in [-0.2, -0.15) is 13.2 Å². The number of carboxylic acids is 1. The second kappa shape index (κ2) is 9.01. The highest BCUT2D eigenvalue weighted by Crippen LogP contribution is 2.32. The number of alkyl halides is 3. The zero-order valence-electron chi connectivity index (χ0n) is 18.4. The predicted octanol–water partition coefficient (Wildman–Crippen LogP) is 5.73. The third kappa shape index (κ3) is 4.96. The van der Waals surface area contributed by atoms with Crippen molar-refractivity contribution in [3.8, 4) is 28.5 Å². The van der Waals surface area contributed by atoms with Crippen molar-refractivity contribution in [1.82, 2.24) is 19.9 Å². The Labute approximate surface area is 198 Å².